The highest BCUT2D eigenvalue weighted by Crippen LogP contribution is 2.19. The molecular formula is C13H20N2O3. The quantitative estimate of drug-likeness (QED) is 0.690. The van der Waals surface area contributed by atoms with E-state index in [1.54, 1.807) is 0 Å². The van der Waals surface area contributed by atoms with Gasteiger partial charge in [0.1, 0.15) is 0 Å². The Morgan fingerprint density at radius 3 is 2.67 bits per heavy atom. The van der Waals surface area contributed by atoms with E-state index < -0.39 is 5.97 Å². The zero-order valence-corrected chi connectivity index (χ0v) is 10.8. The van der Waals surface area contributed by atoms with Crippen LogP contribution in [0.3, 0.4) is 0 Å². The molecule has 1 heterocycles. The van der Waals surface area contributed by atoms with Gasteiger partial charge in [-0.25, -0.2) is 0 Å². The zero-order chi connectivity index (χ0) is 13.6. The number of aliphatic carboxylic acids is 1. The van der Waals surface area contributed by atoms with Crippen LogP contribution in [0.5, 0.6) is 0 Å². The number of amides is 1. The molecule has 100 valence electrons. The van der Waals surface area contributed by atoms with Crippen LogP contribution < -0.4 is 5.32 Å². The van der Waals surface area contributed by atoms with E-state index in [1.807, 2.05) is 32.2 Å². The van der Waals surface area contributed by atoms with Crippen molar-refractivity contribution >= 4 is 11.9 Å². The standard InChI is InChI=1S/C13H20N2O3/c1-13(2,10-5-4-8-14-10)9-15-11(16)6-3-7-12(17)18/h4-5,8,14H,3,6-7,9H2,1-2H3,(H,15,16)(H,17,18). The molecule has 1 rings (SSSR count). The summed E-state index contributed by atoms with van der Waals surface area (Å²) in [5.41, 5.74) is 0.903. The molecule has 0 aliphatic heterocycles. The Kier molecular flexibility index (Phi) is 4.95. The smallest absolute Gasteiger partial charge is 0.303 e. The van der Waals surface area contributed by atoms with Crippen LogP contribution in [0.1, 0.15) is 38.8 Å². The van der Waals surface area contributed by atoms with Crippen LogP contribution in [0.25, 0.3) is 0 Å². The summed E-state index contributed by atoms with van der Waals surface area (Å²) in [5.74, 6) is -0.967. The first-order valence-electron chi connectivity index (χ1n) is 6.04. The van der Waals surface area contributed by atoms with Crippen LogP contribution in [0.15, 0.2) is 18.3 Å². The van der Waals surface area contributed by atoms with Gasteiger partial charge in [-0.05, 0) is 18.6 Å². The Labute approximate surface area is 107 Å². The Balaban J connectivity index is 2.32. The monoisotopic (exact) mass is 252 g/mol. The fourth-order valence-electron chi connectivity index (χ4n) is 1.65. The first-order chi connectivity index (χ1) is 8.42. The van der Waals surface area contributed by atoms with E-state index in [9.17, 15) is 9.59 Å². The molecule has 5 nitrogen and oxygen atoms in total. The second-order valence-electron chi connectivity index (χ2n) is 4.99. The predicted molar refractivity (Wildman–Crippen MR) is 68.3 cm³/mol. The molecule has 0 saturated heterocycles. The molecule has 1 aromatic heterocycles. The van der Waals surface area contributed by atoms with Crippen molar-refractivity contribution in [2.75, 3.05) is 6.54 Å². The second kappa shape index (κ2) is 6.23. The summed E-state index contributed by atoms with van der Waals surface area (Å²) in [6.45, 7) is 4.60. The highest BCUT2D eigenvalue weighted by atomic mass is 16.4. The van der Waals surface area contributed by atoms with Gasteiger partial charge in [0.15, 0.2) is 0 Å². The number of carboxylic acids is 1. The van der Waals surface area contributed by atoms with Gasteiger partial charge in [0.2, 0.25) is 5.91 Å². The minimum Gasteiger partial charge on any atom is -0.481 e. The topological polar surface area (TPSA) is 82.2 Å². The molecule has 0 saturated carbocycles. The molecule has 1 aromatic rings. The number of carboxylic acid groups (broad SMARTS) is 1. The van der Waals surface area contributed by atoms with Gasteiger partial charge in [-0.1, -0.05) is 13.8 Å². The van der Waals surface area contributed by atoms with Crippen LogP contribution in [-0.4, -0.2) is 28.5 Å². The number of nitrogens with one attached hydrogen (secondary N) is 2. The van der Waals surface area contributed by atoms with E-state index in [0.717, 1.165) is 5.69 Å². The lowest BCUT2D eigenvalue weighted by atomic mass is 9.89. The molecule has 0 radical (unpaired) electrons. The SMILES string of the molecule is CC(C)(CNC(=O)CCCC(=O)O)c1ccc[nH]1. The lowest BCUT2D eigenvalue weighted by Crippen LogP contribution is -2.36. The number of aromatic nitrogens is 1. The molecule has 0 aliphatic rings. The van der Waals surface area contributed by atoms with Crippen molar-refractivity contribution < 1.29 is 14.7 Å². The third-order valence-corrected chi connectivity index (χ3v) is 2.85. The maximum Gasteiger partial charge on any atom is 0.303 e. The highest BCUT2D eigenvalue weighted by molar-refractivity contribution is 5.76. The summed E-state index contributed by atoms with van der Waals surface area (Å²) in [6.07, 6.45) is 2.52. The highest BCUT2D eigenvalue weighted by Gasteiger charge is 2.22. The maximum absolute atomic E-state index is 11.5. The third kappa shape index (κ3) is 4.61. The van der Waals surface area contributed by atoms with Gasteiger partial charge in [-0.2, -0.15) is 0 Å². The van der Waals surface area contributed by atoms with Crippen molar-refractivity contribution in [2.45, 2.75) is 38.5 Å². The van der Waals surface area contributed by atoms with Crippen LogP contribution in [0.2, 0.25) is 0 Å². The summed E-state index contributed by atoms with van der Waals surface area (Å²) < 4.78 is 0. The molecule has 5 heteroatoms. The van der Waals surface area contributed by atoms with E-state index in [0.29, 0.717) is 13.0 Å². The molecule has 0 atom stereocenters. The first-order valence-corrected chi connectivity index (χ1v) is 6.04. The van der Waals surface area contributed by atoms with Gasteiger partial charge >= 0.3 is 5.97 Å². The van der Waals surface area contributed by atoms with E-state index in [2.05, 4.69) is 10.3 Å². The Morgan fingerprint density at radius 2 is 2.11 bits per heavy atom. The lowest BCUT2D eigenvalue weighted by Gasteiger charge is -2.23. The Bertz CT molecular complexity index is 396. The number of aromatic amines is 1. The van der Waals surface area contributed by atoms with E-state index in [1.165, 1.54) is 0 Å². The molecule has 0 bridgehead atoms. The third-order valence-electron chi connectivity index (χ3n) is 2.85. The van der Waals surface area contributed by atoms with Crippen LogP contribution in [0, 0.1) is 0 Å². The van der Waals surface area contributed by atoms with Crippen molar-refractivity contribution in [2.24, 2.45) is 0 Å². The lowest BCUT2D eigenvalue weighted by molar-refractivity contribution is -0.137. The predicted octanol–water partition coefficient (Wildman–Crippen LogP) is 1.66. The number of H-pyrrole nitrogens is 1. The van der Waals surface area contributed by atoms with Gasteiger partial charge in [0.05, 0.1) is 0 Å². The minimum absolute atomic E-state index is 0.0352. The largest absolute Gasteiger partial charge is 0.481 e. The van der Waals surface area contributed by atoms with Crippen LogP contribution >= 0.6 is 0 Å². The summed E-state index contributed by atoms with van der Waals surface area (Å²) in [6, 6.07) is 3.91. The van der Waals surface area contributed by atoms with Gasteiger partial charge < -0.3 is 15.4 Å². The number of hydrogen-bond donors (Lipinski definition) is 3. The van der Waals surface area contributed by atoms with E-state index in [-0.39, 0.29) is 24.2 Å². The summed E-state index contributed by atoms with van der Waals surface area (Å²) in [5, 5.41) is 11.3. The average molecular weight is 252 g/mol. The van der Waals surface area contributed by atoms with Crippen molar-refractivity contribution in [1.82, 2.24) is 10.3 Å². The van der Waals surface area contributed by atoms with Crippen molar-refractivity contribution in [3.8, 4) is 0 Å². The molecule has 0 fully saturated rings. The maximum atomic E-state index is 11.5. The molecule has 18 heavy (non-hydrogen) atoms. The van der Waals surface area contributed by atoms with Crippen molar-refractivity contribution in [3.63, 3.8) is 0 Å². The molecule has 0 aromatic carbocycles. The average Bonchev–Trinajstić information content (AvgIpc) is 2.80. The molecular weight excluding hydrogens is 232 g/mol. The van der Waals surface area contributed by atoms with Gasteiger partial charge in [0.25, 0.3) is 0 Å². The van der Waals surface area contributed by atoms with Crippen LogP contribution in [0.4, 0.5) is 0 Å². The number of rotatable bonds is 7. The number of hydrogen-bond acceptors (Lipinski definition) is 2. The summed E-state index contributed by atoms with van der Waals surface area (Å²) in [4.78, 5) is 25.0. The summed E-state index contributed by atoms with van der Waals surface area (Å²) >= 11 is 0. The van der Waals surface area contributed by atoms with Gasteiger partial charge in [-0.15, -0.1) is 0 Å². The zero-order valence-electron chi connectivity index (χ0n) is 10.8. The fraction of sp³-hybridized carbons (Fsp3) is 0.538. The van der Waals surface area contributed by atoms with E-state index in [4.69, 9.17) is 5.11 Å². The molecule has 0 aliphatic carbocycles. The number of carbonyl (C=O) groups is 2. The molecule has 1 amide bonds. The van der Waals surface area contributed by atoms with E-state index >= 15 is 0 Å². The van der Waals surface area contributed by atoms with Crippen molar-refractivity contribution in [3.05, 3.63) is 24.0 Å². The number of carbonyl (C=O) groups excluding carboxylic acids is 1. The normalized spacial score (nSPS) is 11.2. The van der Waals surface area contributed by atoms with Crippen molar-refractivity contribution in [1.29, 1.82) is 0 Å². The molecule has 0 spiro atoms. The second-order valence-corrected chi connectivity index (χ2v) is 4.99. The fourth-order valence-corrected chi connectivity index (χ4v) is 1.65. The Morgan fingerprint density at radius 1 is 1.39 bits per heavy atom. The van der Waals surface area contributed by atoms with Gasteiger partial charge in [-0.3, -0.25) is 9.59 Å². The minimum atomic E-state index is -0.866. The van der Waals surface area contributed by atoms with Gasteiger partial charge in [0, 0.05) is 36.7 Å². The van der Waals surface area contributed by atoms with Crippen LogP contribution in [-0.2, 0) is 15.0 Å². The first kappa shape index (κ1) is 14.3. The summed E-state index contributed by atoms with van der Waals surface area (Å²) in [7, 11) is 0. The molecule has 3 N–H and O–H groups in total. The Hall–Kier alpha value is -1.78. The molecule has 0 unspecified atom stereocenters.